The van der Waals surface area contributed by atoms with E-state index in [1.807, 2.05) is 35.2 Å². The highest BCUT2D eigenvalue weighted by Gasteiger charge is 2.05. The van der Waals surface area contributed by atoms with Crippen LogP contribution in [0.15, 0.2) is 35.2 Å². The molecule has 0 aliphatic rings. The van der Waals surface area contributed by atoms with Crippen molar-refractivity contribution in [1.29, 1.82) is 0 Å². The number of nitrogens with zero attached hydrogens (tertiary/aromatic N) is 2. The largest absolute Gasteiger partial charge is 0.491 e. The Morgan fingerprint density at radius 1 is 1.35 bits per heavy atom. The summed E-state index contributed by atoms with van der Waals surface area (Å²) in [6.07, 6.45) is 0. The number of H-pyrrole nitrogens is 1. The lowest BCUT2D eigenvalue weighted by Gasteiger charge is -1.84. The maximum atomic E-state index is 8.51. The Bertz CT molecular complexity index is 576. The molecular formula is C10H9N3O2PS+. The van der Waals surface area contributed by atoms with E-state index in [-0.39, 0.29) is 0 Å². The molecule has 86 valence electrons. The van der Waals surface area contributed by atoms with Crippen LogP contribution >= 0.6 is 20.0 Å². The van der Waals surface area contributed by atoms with E-state index < -0.39 is 8.69 Å². The molecule has 3 rings (SSSR count). The maximum absolute atomic E-state index is 8.51. The van der Waals surface area contributed by atoms with Crippen LogP contribution < -0.4 is 0 Å². The zero-order chi connectivity index (χ0) is 12.1. The minimum Gasteiger partial charge on any atom is -0.337 e. The molecule has 0 bridgehead atoms. The van der Waals surface area contributed by atoms with E-state index in [4.69, 9.17) is 9.46 Å². The van der Waals surface area contributed by atoms with E-state index in [1.54, 1.807) is 11.3 Å². The summed E-state index contributed by atoms with van der Waals surface area (Å²) in [6, 6.07) is 7.97. The number of hydrogen-bond donors (Lipinski definition) is 2. The lowest BCUT2D eigenvalue weighted by atomic mass is 10.3. The van der Waals surface area contributed by atoms with Crippen LogP contribution in [0.1, 0.15) is 0 Å². The van der Waals surface area contributed by atoms with Gasteiger partial charge >= 0.3 is 8.69 Å². The van der Waals surface area contributed by atoms with Gasteiger partial charge in [0.25, 0.3) is 0 Å². The van der Waals surface area contributed by atoms with Crippen molar-refractivity contribution in [3.8, 4) is 11.5 Å². The van der Waals surface area contributed by atoms with Crippen LogP contribution in [0, 0.1) is 0 Å². The van der Waals surface area contributed by atoms with Crippen LogP contribution in [-0.2, 0) is 4.57 Å². The summed E-state index contributed by atoms with van der Waals surface area (Å²) in [7, 11) is -1.17. The molecular weight excluding hydrogens is 257 g/mol. The van der Waals surface area contributed by atoms with Gasteiger partial charge in [-0.3, -0.25) is 0 Å². The molecule has 2 heterocycles. The number of aromatic nitrogens is 3. The number of para-hydroxylation sites is 2. The summed E-state index contributed by atoms with van der Waals surface area (Å²) in [4.78, 5) is 18.9. The van der Waals surface area contributed by atoms with Gasteiger partial charge in [0, 0.05) is 5.38 Å². The van der Waals surface area contributed by atoms with Crippen LogP contribution in [0.2, 0.25) is 0 Å². The average molecular weight is 266 g/mol. The minimum atomic E-state index is -1.17. The highest BCUT2D eigenvalue weighted by molar-refractivity contribution is 7.16. The summed E-state index contributed by atoms with van der Waals surface area (Å²) in [5, 5.41) is 1.98. The molecule has 0 spiro atoms. The highest BCUT2D eigenvalue weighted by Crippen LogP contribution is 2.19. The van der Waals surface area contributed by atoms with Crippen molar-refractivity contribution in [2.75, 3.05) is 0 Å². The molecule has 5 nitrogen and oxygen atoms in total. The van der Waals surface area contributed by atoms with E-state index in [0.29, 0.717) is 0 Å². The minimum absolute atomic E-state index is 0.840. The summed E-state index contributed by atoms with van der Waals surface area (Å²) in [6.45, 7) is 0. The van der Waals surface area contributed by atoms with Gasteiger partial charge in [0.05, 0.1) is 16.5 Å². The molecule has 1 atom stereocenters. The van der Waals surface area contributed by atoms with Crippen LogP contribution in [0.4, 0.5) is 0 Å². The van der Waals surface area contributed by atoms with Crippen molar-refractivity contribution in [3.63, 3.8) is 0 Å². The number of nitrogens with one attached hydrogen (secondary N) is 1. The molecule has 2 aromatic heterocycles. The molecule has 1 aromatic carbocycles. The standard InChI is InChI=1S/C10H7N3S.HO2P/c1-2-4-8-7(3-1)12-10(13-8)9-5-14-6-11-9;1-3-2/h1-6H,(H,12,13);3H/p+1. The fourth-order valence-corrected chi connectivity index (χ4v) is 1.94. The fraction of sp³-hybridized carbons (Fsp3) is 0. The predicted molar refractivity (Wildman–Crippen MR) is 68.4 cm³/mol. The zero-order valence-corrected chi connectivity index (χ0v) is 10.4. The van der Waals surface area contributed by atoms with Crippen LogP contribution in [0.25, 0.3) is 22.6 Å². The van der Waals surface area contributed by atoms with E-state index >= 15 is 0 Å². The molecule has 17 heavy (non-hydrogen) atoms. The second-order valence-corrected chi connectivity index (χ2v) is 3.97. The highest BCUT2D eigenvalue weighted by atomic mass is 32.1. The molecule has 1 unspecified atom stereocenters. The molecule has 2 N–H and O–H groups in total. The molecule has 0 saturated heterocycles. The Balaban J connectivity index is 0.000000329. The van der Waals surface area contributed by atoms with E-state index in [2.05, 4.69) is 15.0 Å². The Labute approximate surface area is 102 Å². The summed E-state index contributed by atoms with van der Waals surface area (Å²) < 4.78 is 8.51. The van der Waals surface area contributed by atoms with Crippen LogP contribution in [0.5, 0.6) is 0 Å². The zero-order valence-electron chi connectivity index (χ0n) is 8.62. The number of hydrogen-bond acceptors (Lipinski definition) is 4. The van der Waals surface area contributed by atoms with Crippen molar-refractivity contribution in [3.05, 3.63) is 35.2 Å². The first-order chi connectivity index (χ1) is 8.35. The first-order valence-corrected chi connectivity index (χ1v) is 6.49. The maximum Gasteiger partial charge on any atom is 0.491 e. The quantitative estimate of drug-likeness (QED) is 0.663. The van der Waals surface area contributed by atoms with Crippen molar-refractivity contribution in [2.45, 2.75) is 0 Å². The van der Waals surface area contributed by atoms with E-state index in [1.165, 1.54) is 0 Å². The first kappa shape index (κ1) is 11.9. The molecule has 0 fully saturated rings. The van der Waals surface area contributed by atoms with Gasteiger partial charge in [-0.15, -0.1) is 11.3 Å². The molecule has 0 amide bonds. The van der Waals surface area contributed by atoms with Crippen LogP contribution in [0.3, 0.4) is 0 Å². The molecule has 3 aromatic rings. The number of imidazole rings is 1. The second-order valence-electron chi connectivity index (χ2n) is 3.07. The monoisotopic (exact) mass is 266 g/mol. The van der Waals surface area contributed by atoms with Crippen molar-refractivity contribution < 1.29 is 9.46 Å². The first-order valence-electron chi connectivity index (χ1n) is 4.69. The van der Waals surface area contributed by atoms with Gasteiger partial charge in [-0.25, -0.2) is 9.97 Å². The summed E-state index contributed by atoms with van der Waals surface area (Å²) in [5.74, 6) is 0.840. The van der Waals surface area contributed by atoms with Gasteiger partial charge in [-0.1, -0.05) is 12.1 Å². The van der Waals surface area contributed by atoms with Gasteiger partial charge in [0.15, 0.2) is 5.82 Å². The third kappa shape index (κ3) is 2.74. The normalized spacial score (nSPS) is 10.2. The number of fused-ring (bicyclic) bond motifs is 1. The predicted octanol–water partition coefficient (Wildman–Crippen LogP) is 2.60. The number of aromatic amines is 1. The molecule has 0 aliphatic carbocycles. The van der Waals surface area contributed by atoms with Gasteiger partial charge < -0.3 is 4.98 Å². The van der Waals surface area contributed by atoms with Crippen molar-refractivity contribution >= 4 is 31.1 Å². The topological polar surface area (TPSA) is 78.9 Å². The molecule has 0 aliphatic heterocycles. The van der Waals surface area contributed by atoms with Crippen LogP contribution in [-0.4, -0.2) is 19.8 Å². The van der Waals surface area contributed by atoms with E-state index in [0.717, 1.165) is 22.6 Å². The Morgan fingerprint density at radius 2 is 2.12 bits per heavy atom. The Morgan fingerprint density at radius 3 is 2.76 bits per heavy atom. The van der Waals surface area contributed by atoms with Crippen molar-refractivity contribution in [2.24, 2.45) is 0 Å². The lowest BCUT2D eigenvalue weighted by Crippen LogP contribution is -1.77. The van der Waals surface area contributed by atoms with Gasteiger partial charge in [-0.05, 0) is 16.7 Å². The Kier molecular flexibility index (Phi) is 3.93. The third-order valence-corrected chi connectivity index (χ3v) is 2.65. The Hall–Kier alpha value is -1.62. The molecule has 0 radical (unpaired) electrons. The molecule has 0 saturated carbocycles. The number of benzene rings is 1. The molecule has 7 heteroatoms. The number of thiazole rings is 1. The van der Waals surface area contributed by atoms with Gasteiger partial charge in [-0.2, -0.15) is 4.89 Å². The average Bonchev–Trinajstić information content (AvgIpc) is 2.99. The lowest BCUT2D eigenvalue weighted by molar-refractivity contribution is 0.524. The number of rotatable bonds is 1. The second kappa shape index (κ2) is 5.63. The summed E-state index contributed by atoms with van der Waals surface area (Å²) in [5.41, 5.74) is 4.75. The van der Waals surface area contributed by atoms with E-state index in [9.17, 15) is 0 Å². The fourth-order valence-electron chi connectivity index (χ4n) is 1.40. The summed E-state index contributed by atoms with van der Waals surface area (Å²) >= 11 is 1.57. The SMILES string of the molecule is O=[PH+]O.c1ccc2[nH]c(-c3cscn3)nc2c1. The van der Waals surface area contributed by atoms with Gasteiger partial charge in [0.2, 0.25) is 0 Å². The third-order valence-electron chi connectivity index (χ3n) is 2.06. The van der Waals surface area contributed by atoms with Crippen molar-refractivity contribution in [1.82, 2.24) is 15.0 Å². The van der Waals surface area contributed by atoms with Gasteiger partial charge in [0.1, 0.15) is 5.69 Å². The smallest absolute Gasteiger partial charge is 0.337 e.